The Labute approximate surface area is 142 Å². The van der Waals surface area contributed by atoms with E-state index in [2.05, 4.69) is 11.1 Å². The maximum atomic E-state index is 12.1. The predicted molar refractivity (Wildman–Crippen MR) is 94.7 cm³/mol. The molecule has 2 N–H and O–H groups in total. The van der Waals surface area contributed by atoms with E-state index in [1.165, 1.54) is 0 Å². The van der Waals surface area contributed by atoms with Crippen LogP contribution < -0.4 is 10.6 Å². The normalized spacial score (nSPS) is 17.6. The van der Waals surface area contributed by atoms with Crippen LogP contribution in [-0.2, 0) is 9.59 Å². The minimum atomic E-state index is -0.419. The van der Waals surface area contributed by atoms with Gasteiger partial charge in [0.2, 0.25) is 11.8 Å². The van der Waals surface area contributed by atoms with Crippen LogP contribution in [0.15, 0.2) is 48.5 Å². The number of rotatable bonds is 3. The second-order valence-electron chi connectivity index (χ2n) is 5.84. The van der Waals surface area contributed by atoms with Crippen LogP contribution in [0.2, 0.25) is 0 Å². The number of amides is 2. The fourth-order valence-electron chi connectivity index (χ4n) is 2.93. The molecule has 0 radical (unpaired) electrons. The van der Waals surface area contributed by atoms with Crippen LogP contribution >= 0.6 is 11.3 Å². The van der Waals surface area contributed by atoms with Gasteiger partial charge in [0.15, 0.2) is 0 Å². The van der Waals surface area contributed by atoms with Gasteiger partial charge in [0, 0.05) is 24.2 Å². The number of benzene rings is 2. The highest BCUT2D eigenvalue weighted by molar-refractivity contribution is 7.21. The van der Waals surface area contributed by atoms with Gasteiger partial charge in [-0.2, -0.15) is 0 Å². The summed E-state index contributed by atoms with van der Waals surface area (Å²) >= 11 is 1.64. The number of fused-ring (bicyclic) bond motifs is 1. The summed E-state index contributed by atoms with van der Waals surface area (Å²) in [6.45, 7) is 0.356. The van der Waals surface area contributed by atoms with E-state index in [9.17, 15) is 9.59 Å². The molecule has 1 unspecified atom stereocenters. The monoisotopic (exact) mass is 337 g/mol. The Morgan fingerprint density at radius 3 is 2.58 bits per heavy atom. The molecule has 1 fully saturated rings. The van der Waals surface area contributed by atoms with Crippen LogP contribution in [0.3, 0.4) is 0 Å². The second kappa shape index (κ2) is 5.72. The minimum Gasteiger partial charge on any atom is -0.369 e. The maximum Gasteiger partial charge on any atom is 0.227 e. The van der Waals surface area contributed by atoms with Crippen LogP contribution in [-0.4, -0.2) is 23.3 Å². The SMILES string of the molecule is NC(=O)C1CC(=O)N(c2ccc(-c3nc4ccccc4s3)cc2)C1. The lowest BCUT2D eigenvalue weighted by Gasteiger charge is -2.16. The van der Waals surface area contributed by atoms with Crippen molar-refractivity contribution in [2.24, 2.45) is 11.7 Å². The number of carbonyl (C=O) groups is 2. The first-order valence-electron chi connectivity index (χ1n) is 7.67. The van der Waals surface area contributed by atoms with Crippen molar-refractivity contribution in [3.63, 3.8) is 0 Å². The molecule has 4 rings (SSSR count). The lowest BCUT2D eigenvalue weighted by molar-refractivity contribution is -0.123. The Hall–Kier alpha value is -2.73. The smallest absolute Gasteiger partial charge is 0.227 e. The van der Waals surface area contributed by atoms with E-state index >= 15 is 0 Å². The quantitative estimate of drug-likeness (QED) is 0.798. The molecular weight excluding hydrogens is 322 g/mol. The third-order valence-electron chi connectivity index (χ3n) is 4.25. The number of anilines is 1. The number of thiazole rings is 1. The molecule has 0 spiro atoms. The van der Waals surface area contributed by atoms with Crippen molar-refractivity contribution in [2.75, 3.05) is 11.4 Å². The van der Waals surface area contributed by atoms with Crippen molar-refractivity contribution < 1.29 is 9.59 Å². The number of primary amides is 1. The van der Waals surface area contributed by atoms with Gasteiger partial charge >= 0.3 is 0 Å². The van der Waals surface area contributed by atoms with Gasteiger partial charge in [-0.05, 0) is 36.4 Å². The predicted octanol–water partition coefficient (Wildman–Crippen LogP) is 2.80. The highest BCUT2D eigenvalue weighted by Gasteiger charge is 2.33. The Morgan fingerprint density at radius 1 is 1.17 bits per heavy atom. The van der Waals surface area contributed by atoms with Crippen molar-refractivity contribution in [2.45, 2.75) is 6.42 Å². The summed E-state index contributed by atoms with van der Waals surface area (Å²) in [7, 11) is 0. The van der Waals surface area contributed by atoms with Crippen LogP contribution in [0.25, 0.3) is 20.8 Å². The van der Waals surface area contributed by atoms with Crippen molar-refractivity contribution in [1.82, 2.24) is 4.98 Å². The van der Waals surface area contributed by atoms with Crippen molar-refractivity contribution in [1.29, 1.82) is 0 Å². The van der Waals surface area contributed by atoms with E-state index in [1.807, 2.05) is 42.5 Å². The molecule has 0 saturated carbocycles. The highest BCUT2D eigenvalue weighted by Crippen LogP contribution is 2.32. The molecule has 1 aliphatic heterocycles. The fourth-order valence-corrected chi connectivity index (χ4v) is 3.90. The Kier molecular flexibility index (Phi) is 3.54. The Morgan fingerprint density at radius 2 is 1.92 bits per heavy atom. The number of carbonyl (C=O) groups excluding carboxylic acids is 2. The number of hydrogen-bond donors (Lipinski definition) is 1. The van der Waals surface area contributed by atoms with Crippen LogP contribution in [0, 0.1) is 5.92 Å². The average Bonchev–Trinajstić information content (AvgIpc) is 3.18. The molecule has 0 aliphatic carbocycles. The molecule has 2 heterocycles. The number of para-hydroxylation sites is 1. The van der Waals surface area contributed by atoms with Gasteiger partial charge < -0.3 is 10.6 Å². The van der Waals surface area contributed by atoms with Gasteiger partial charge in [0.1, 0.15) is 5.01 Å². The van der Waals surface area contributed by atoms with E-state index < -0.39 is 11.8 Å². The largest absolute Gasteiger partial charge is 0.369 e. The van der Waals surface area contributed by atoms with E-state index in [4.69, 9.17) is 5.73 Å². The van der Waals surface area contributed by atoms with Gasteiger partial charge in [0.05, 0.1) is 16.1 Å². The summed E-state index contributed by atoms with van der Waals surface area (Å²) in [4.78, 5) is 29.6. The second-order valence-corrected chi connectivity index (χ2v) is 6.87. The zero-order chi connectivity index (χ0) is 16.7. The number of aromatic nitrogens is 1. The van der Waals surface area contributed by atoms with Gasteiger partial charge in [-0.25, -0.2) is 4.98 Å². The lowest BCUT2D eigenvalue weighted by Crippen LogP contribution is -2.28. The molecule has 2 aromatic carbocycles. The van der Waals surface area contributed by atoms with Crippen LogP contribution in [0.1, 0.15) is 6.42 Å². The van der Waals surface area contributed by atoms with Gasteiger partial charge in [0.25, 0.3) is 0 Å². The fraction of sp³-hybridized carbons (Fsp3) is 0.167. The number of nitrogens with zero attached hydrogens (tertiary/aromatic N) is 2. The number of hydrogen-bond acceptors (Lipinski definition) is 4. The van der Waals surface area contributed by atoms with Crippen molar-refractivity contribution in [3.05, 3.63) is 48.5 Å². The van der Waals surface area contributed by atoms with Crippen molar-refractivity contribution in [3.8, 4) is 10.6 Å². The maximum absolute atomic E-state index is 12.1. The molecule has 3 aromatic rings. The molecule has 1 atom stereocenters. The molecule has 2 amide bonds. The lowest BCUT2D eigenvalue weighted by atomic mass is 10.1. The van der Waals surface area contributed by atoms with E-state index in [0.717, 1.165) is 26.5 Å². The van der Waals surface area contributed by atoms with Gasteiger partial charge in [-0.3, -0.25) is 9.59 Å². The Balaban J connectivity index is 1.61. The molecule has 1 aromatic heterocycles. The van der Waals surface area contributed by atoms with Crippen LogP contribution in [0.4, 0.5) is 5.69 Å². The summed E-state index contributed by atoms with van der Waals surface area (Å²) in [5, 5.41) is 0.950. The van der Waals surface area contributed by atoms with E-state index in [0.29, 0.717) is 6.54 Å². The standard InChI is InChI=1S/C18H15N3O2S/c19-17(23)12-9-16(22)21(10-12)13-7-5-11(6-8-13)18-20-14-3-1-2-4-15(14)24-18/h1-8,12H,9-10H2,(H2,19,23). The van der Waals surface area contributed by atoms with Crippen molar-refractivity contribution >= 4 is 39.1 Å². The first-order chi connectivity index (χ1) is 11.6. The first-order valence-corrected chi connectivity index (χ1v) is 8.49. The van der Waals surface area contributed by atoms with E-state index in [-0.39, 0.29) is 12.3 Å². The third-order valence-corrected chi connectivity index (χ3v) is 5.33. The molecule has 24 heavy (non-hydrogen) atoms. The summed E-state index contributed by atoms with van der Waals surface area (Å²) < 4.78 is 1.15. The molecule has 1 aliphatic rings. The molecule has 120 valence electrons. The summed E-state index contributed by atoms with van der Waals surface area (Å²) in [6, 6.07) is 15.7. The van der Waals surface area contributed by atoms with E-state index in [1.54, 1.807) is 16.2 Å². The minimum absolute atomic E-state index is 0.0634. The number of nitrogens with two attached hydrogens (primary N) is 1. The van der Waals surface area contributed by atoms with Crippen LogP contribution in [0.5, 0.6) is 0 Å². The van der Waals surface area contributed by atoms with Gasteiger partial charge in [-0.1, -0.05) is 12.1 Å². The molecule has 6 heteroatoms. The summed E-state index contributed by atoms with van der Waals surface area (Å²) in [5.74, 6) is -0.884. The zero-order valence-electron chi connectivity index (χ0n) is 12.8. The highest BCUT2D eigenvalue weighted by atomic mass is 32.1. The first kappa shape index (κ1) is 14.8. The average molecular weight is 337 g/mol. The summed E-state index contributed by atoms with van der Waals surface area (Å²) in [6.07, 6.45) is 0.189. The Bertz CT molecular complexity index is 900. The summed E-state index contributed by atoms with van der Waals surface area (Å²) in [5.41, 5.74) is 8.10. The molecule has 1 saturated heterocycles. The topological polar surface area (TPSA) is 76.3 Å². The third kappa shape index (κ3) is 2.55. The molecule has 0 bridgehead atoms. The molecule has 5 nitrogen and oxygen atoms in total. The van der Waals surface area contributed by atoms with Gasteiger partial charge in [-0.15, -0.1) is 11.3 Å². The molecular formula is C18H15N3O2S. The zero-order valence-corrected chi connectivity index (χ0v) is 13.6.